The third-order valence-corrected chi connectivity index (χ3v) is 3.47. The molecule has 19 heavy (non-hydrogen) atoms. The first-order valence-corrected chi connectivity index (χ1v) is 6.39. The third kappa shape index (κ3) is 2.91. The number of amides is 1. The standard InChI is InChI=1S/C14H17N3O2/c1-11(12-4-2-3-7-16-12)17-13(18)14(10-15)5-8-19-9-6-14/h2-4,7,11H,5-6,8-9H2,1H3,(H,17,18). The average Bonchev–Trinajstić information content (AvgIpc) is 2.48. The lowest BCUT2D eigenvalue weighted by Gasteiger charge is -2.30. The lowest BCUT2D eigenvalue weighted by Crippen LogP contribution is -2.44. The van der Waals surface area contributed by atoms with Gasteiger partial charge in [-0.1, -0.05) is 6.07 Å². The van der Waals surface area contributed by atoms with Crippen LogP contribution >= 0.6 is 0 Å². The molecule has 100 valence electrons. The highest BCUT2D eigenvalue weighted by Gasteiger charge is 2.40. The Morgan fingerprint density at radius 2 is 2.26 bits per heavy atom. The first-order chi connectivity index (χ1) is 9.18. The van der Waals surface area contributed by atoms with Gasteiger partial charge in [0.2, 0.25) is 5.91 Å². The summed E-state index contributed by atoms with van der Waals surface area (Å²) in [6, 6.07) is 7.51. The zero-order valence-corrected chi connectivity index (χ0v) is 10.9. The summed E-state index contributed by atoms with van der Waals surface area (Å²) in [5.74, 6) is -0.226. The van der Waals surface area contributed by atoms with Gasteiger partial charge in [0.15, 0.2) is 0 Å². The van der Waals surface area contributed by atoms with E-state index in [0.717, 1.165) is 5.69 Å². The predicted octanol–water partition coefficient (Wildman–Crippen LogP) is 1.58. The molecule has 1 N–H and O–H groups in total. The summed E-state index contributed by atoms with van der Waals surface area (Å²) in [6.45, 7) is 2.78. The van der Waals surface area contributed by atoms with Gasteiger partial charge in [0.05, 0.1) is 17.8 Å². The fourth-order valence-corrected chi connectivity index (χ4v) is 2.15. The van der Waals surface area contributed by atoms with Crippen LogP contribution in [0.2, 0.25) is 0 Å². The number of hydrogen-bond acceptors (Lipinski definition) is 4. The zero-order valence-electron chi connectivity index (χ0n) is 10.9. The predicted molar refractivity (Wildman–Crippen MR) is 68.9 cm³/mol. The second kappa shape index (κ2) is 5.81. The van der Waals surface area contributed by atoms with Crippen LogP contribution in [-0.4, -0.2) is 24.1 Å². The molecule has 5 heteroatoms. The van der Waals surface area contributed by atoms with Crippen LogP contribution in [0, 0.1) is 16.7 Å². The zero-order chi connectivity index (χ0) is 13.7. The Kier molecular flexibility index (Phi) is 4.13. The van der Waals surface area contributed by atoms with E-state index >= 15 is 0 Å². The van der Waals surface area contributed by atoms with Gasteiger partial charge in [-0.15, -0.1) is 0 Å². The minimum Gasteiger partial charge on any atom is -0.381 e. The Morgan fingerprint density at radius 3 is 2.84 bits per heavy atom. The van der Waals surface area contributed by atoms with Gasteiger partial charge in [0, 0.05) is 19.4 Å². The molecule has 0 radical (unpaired) electrons. The van der Waals surface area contributed by atoms with Gasteiger partial charge in [0.1, 0.15) is 5.41 Å². The van der Waals surface area contributed by atoms with Gasteiger partial charge < -0.3 is 10.1 Å². The van der Waals surface area contributed by atoms with Crippen molar-refractivity contribution in [3.8, 4) is 6.07 Å². The van der Waals surface area contributed by atoms with Crippen molar-refractivity contribution in [3.63, 3.8) is 0 Å². The van der Waals surface area contributed by atoms with Crippen molar-refractivity contribution < 1.29 is 9.53 Å². The van der Waals surface area contributed by atoms with E-state index < -0.39 is 5.41 Å². The molecule has 1 aliphatic heterocycles. The molecule has 0 aliphatic carbocycles. The average molecular weight is 259 g/mol. The van der Waals surface area contributed by atoms with E-state index in [1.807, 2.05) is 25.1 Å². The summed E-state index contributed by atoms with van der Waals surface area (Å²) >= 11 is 0. The minimum absolute atomic E-state index is 0.207. The van der Waals surface area contributed by atoms with Crippen molar-refractivity contribution in [2.45, 2.75) is 25.8 Å². The fourth-order valence-electron chi connectivity index (χ4n) is 2.15. The van der Waals surface area contributed by atoms with Crippen LogP contribution in [0.1, 0.15) is 31.5 Å². The van der Waals surface area contributed by atoms with Gasteiger partial charge >= 0.3 is 0 Å². The maximum atomic E-state index is 12.3. The summed E-state index contributed by atoms with van der Waals surface area (Å²) in [6.07, 6.45) is 2.58. The number of carbonyl (C=O) groups excluding carboxylic acids is 1. The Morgan fingerprint density at radius 1 is 1.53 bits per heavy atom. The van der Waals surface area contributed by atoms with Crippen LogP contribution in [0.4, 0.5) is 0 Å². The molecule has 1 saturated heterocycles. The maximum Gasteiger partial charge on any atom is 0.241 e. The van der Waals surface area contributed by atoms with Crippen LogP contribution in [0.3, 0.4) is 0 Å². The molecule has 1 aromatic rings. The number of ether oxygens (including phenoxy) is 1. The second-order valence-corrected chi connectivity index (χ2v) is 4.76. The molecule has 0 saturated carbocycles. The van der Waals surface area contributed by atoms with Crippen LogP contribution in [0.15, 0.2) is 24.4 Å². The maximum absolute atomic E-state index is 12.3. The van der Waals surface area contributed by atoms with E-state index in [0.29, 0.717) is 26.1 Å². The van der Waals surface area contributed by atoms with Gasteiger partial charge in [-0.25, -0.2) is 0 Å². The molecule has 0 aromatic carbocycles. The van der Waals surface area contributed by atoms with E-state index in [1.54, 1.807) is 6.20 Å². The molecule has 1 amide bonds. The number of nitriles is 1. The Bertz CT molecular complexity index is 475. The summed E-state index contributed by atoms with van der Waals surface area (Å²) in [7, 11) is 0. The Balaban J connectivity index is 2.06. The number of aromatic nitrogens is 1. The number of hydrogen-bond donors (Lipinski definition) is 1. The highest BCUT2D eigenvalue weighted by Crippen LogP contribution is 2.30. The van der Waals surface area contributed by atoms with E-state index in [9.17, 15) is 10.1 Å². The lowest BCUT2D eigenvalue weighted by atomic mass is 9.80. The van der Waals surface area contributed by atoms with Crippen LogP contribution in [-0.2, 0) is 9.53 Å². The van der Waals surface area contributed by atoms with Crippen molar-refractivity contribution in [2.24, 2.45) is 5.41 Å². The molecule has 1 fully saturated rings. The first kappa shape index (κ1) is 13.5. The number of nitrogens with zero attached hydrogens (tertiary/aromatic N) is 2. The molecule has 1 atom stereocenters. The summed E-state index contributed by atoms with van der Waals surface area (Å²) in [5, 5.41) is 12.2. The number of nitrogens with one attached hydrogen (secondary N) is 1. The van der Waals surface area contributed by atoms with E-state index in [1.165, 1.54) is 0 Å². The molecule has 1 aromatic heterocycles. The van der Waals surface area contributed by atoms with Crippen molar-refractivity contribution >= 4 is 5.91 Å². The molecular formula is C14H17N3O2. The largest absolute Gasteiger partial charge is 0.381 e. The molecule has 0 bridgehead atoms. The third-order valence-electron chi connectivity index (χ3n) is 3.47. The first-order valence-electron chi connectivity index (χ1n) is 6.39. The van der Waals surface area contributed by atoms with Crippen LogP contribution in [0.25, 0.3) is 0 Å². The normalized spacial score (nSPS) is 19.2. The number of rotatable bonds is 3. The smallest absolute Gasteiger partial charge is 0.241 e. The second-order valence-electron chi connectivity index (χ2n) is 4.76. The quantitative estimate of drug-likeness (QED) is 0.894. The van der Waals surface area contributed by atoms with Crippen molar-refractivity contribution in [2.75, 3.05) is 13.2 Å². The Hall–Kier alpha value is -1.93. The van der Waals surface area contributed by atoms with E-state index in [4.69, 9.17) is 4.74 Å². The molecule has 2 heterocycles. The molecule has 1 aliphatic rings. The fraction of sp³-hybridized carbons (Fsp3) is 0.500. The van der Waals surface area contributed by atoms with Gasteiger partial charge in [-0.3, -0.25) is 9.78 Å². The number of carbonyl (C=O) groups is 1. The van der Waals surface area contributed by atoms with Crippen molar-refractivity contribution in [1.82, 2.24) is 10.3 Å². The molecule has 2 rings (SSSR count). The Labute approximate surface area is 112 Å². The van der Waals surface area contributed by atoms with Gasteiger partial charge in [-0.05, 0) is 31.9 Å². The lowest BCUT2D eigenvalue weighted by molar-refractivity contribution is -0.133. The van der Waals surface area contributed by atoms with Crippen molar-refractivity contribution in [3.05, 3.63) is 30.1 Å². The molecule has 1 unspecified atom stereocenters. The highest BCUT2D eigenvalue weighted by atomic mass is 16.5. The summed E-state index contributed by atoms with van der Waals surface area (Å²) in [5.41, 5.74) is -0.169. The molecule has 5 nitrogen and oxygen atoms in total. The monoisotopic (exact) mass is 259 g/mol. The SMILES string of the molecule is CC(NC(=O)C1(C#N)CCOCC1)c1ccccn1. The number of pyridine rings is 1. The molecule has 0 spiro atoms. The summed E-state index contributed by atoms with van der Waals surface area (Å²) in [4.78, 5) is 16.5. The van der Waals surface area contributed by atoms with E-state index in [2.05, 4.69) is 16.4 Å². The van der Waals surface area contributed by atoms with Crippen LogP contribution in [0.5, 0.6) is 0 Å². The summed E-state index contributed by atoms with van der Waals surface area (Å²) < 4.78 is 5.22. The highest BCUT2D eigenvalue weighted by molar-refractivity contribution is 5.85. The van der Waals surface area contributed by atoms with Crippen molar-refractivity contribution in [1.29, 1.82) is 5.26 Å². The van der Waals surface area contributed by atoms with Gasteiger partial charge in [-0.2, -0.15) is 5.26 Å². The minimum atomic E-state index is -0.957. The van der Waals surface area contributed by atoms with Gasteiger partial charge in [0.25, 0.3) is 0 Å². The van der Waals surface area contributed by atoms with Crippen LogP contribution < -0.4 is 5.32 Å². The van der Waals surface area contributed by atoms with E-state index in [-0.39, 0.29) is 11.9 Å². The topological polar surface area (TPSA) is 75.0 Å². The molecular weight excluding hydrogens is 242 g/mol.